The Labute approximate surface area is 159 Å². The van der Waals surface area contributed by atoms with Crippen molar-refractivity contribution in [3.63, 3.8) is 0 Å². The molecule has 0 nitrogen and oxygen atoms in total. The quantitative estimate of drug-likeness (QED) is 0.240. The average molecular weight is 344 g/mol. The maximum absolute atomic E-state index is 2.35. The Hall–Kier alpha value is -3.38. The van der Waals surface area contributed by atoms with Gasteiger partial charge in [0.2, 0.25) is 0 Å². The lowest BCUT2D eigenvalue weighted by Crippen LogP contribution is -2.04. The van der Waals surface area contributed by atoms with Crippen LogP contribution in [0.4, 0.5) is 0 Å². The van der Waals surface area contributed by atoms with E-state index in [9.17, 15) is 0 Å². The SMILES string of the molecule is c1ccc(C(c2ccccc2)c2cccc3cc4ccccc4cc23)cc1. The highest BCUT2D eigenvalue weighted by molar-refractivity contribution is 6.00. The van der Waals surface area contributed by atoms with Crippen molar-refractivity contribution in [1.29, 1.82) is 0 Å². The highest BCUT2D eigenvalue weighted by atomic mass is 14.2. The van der Waals surface area contributed by atoms with Crippen LogP contribution in [0, 0.1) is 0 Å². The van der Waals surface area contributed by atoms with E-state index in [1.54, 1.807) is 0 Å². The van der Waals surface area contributed by atoms with Crippen LogP contribution in [0.2, 0.25) is 0 Å². The molecule has 0 unspecified atom stereocenters. The number of hydrogen-bond acceptors (Lipinski definition) is 0. The summed E-state index contributed by atoms with van der Waals surface area (Å²) in [5.74, 6) is 0.220. The molecule has 128 valence electrons. The van der Waals surface area contributed by atoms with Crippen molar-refractivity contribution in [1.82, 2.24) is 0 Å². The fraction of sp³-hybridized carbons (Fsp3) is 0.0370. The van der Waals surface area contributed by atoms with Crippen LogP contribution in [-0.4, -0.2) is 0 Å². The number of hydrogen-bond donors (Lipinski definition) is 0. The normalized spacial score (nSPS) is 11.3. The first-order valence-electron chi connectivity index (χ1n) is 9.41. The standard InChI is InChI=1S/C27H20/c1-3-10-20(11-4-1)27(21-12-5-2-6-13-21)25-17-9-16-24-18-22-14-7-8-15-23(22)19-26(24)25/h1-19,27H. The van der Waals surface area contributed by atoms with Crippen molar-refractivity contribution in [3.8, 4) is 0 Å². The Bertz CT molecular complexity index is 1160. The summed E-state index contributed by atoms with van der Waals surface area (Å²) in [4.78, 5) is 0. The molecule has 0 heterocycles. The molecule has 27 heavy (non-hydrogen) atoms. The summed E-state index contributed by atoms with van der Waals surface area (Å²) in [7, 11) is 0. The summed E-state index contributed by atoms with van der Waals surface area (Å²) in [5, 5.41) is 5.20. The highest BCUT2D eigenvalue weighted by Crippen LogP contribution is 2.37. The lowest BCUT2D eigenvalue weighted by molar-refractivity contribution is 0.989. The van der Waals surface area contributed by atoms with Crippen molar-refractivity contribution < 1.29 is 0 Å². The topological polar surface area (TPSA) is 0 Å². The minimum absolute atomic E-state index is 0.220. The first kappa shape index (κ1) is 15.8. The van der Waals surface area contributed by atoms with Crippen molar-refractivity contribution in [2.45, 2.75) is 5.92 Å². The van der Waals surface area contributed by atoms with E-state index in [2.05, 4.69) is 115 Å². The van der Waals surface area contributed by atoms with E-state index in [1.165, 1.54) is 38.2 Å². The molecule has 0 aliphatic carbocycles. The molecule has 0 N–H and O–H groups in total. The molecule has 0 aliphatic rings. The molecule has 0 radical (unpaired) electrons. The third-order valence-corrected chi connectivity index (χ3v) is 5.36. The van der Waals surface area contributed by atoms with Gasteiger partial charge in [0.05, 0.1) is 0 Å². The molecule has 0 spiro atoms. The Balaban J connectivity index is 1.81. The predicted molar refractivity (Wildman–Crippen MR) is 115 cm³/mol. The molecule has 0 fully saturated rings. The van der Waals surface area contributed by atoms with Gasteiger partial charge in [0.15, 0.2) is 0 Å². The molecule has 0 bridgehead atoms. The number of fused-ring (bicyclic) bond motifs is 2. The van der Waals surface area contributed by atoms with Gasteiger partial charge in [-0.05, 0) is 50.4 Å². The van der Waals surface area contributed by atoms with Crippen LogP contribution in [-0.2, 0) is 0 Å². The summed E-state index contributed by atoms with van der Waals surface area (Å²) in [5.41, 5.74) is 4.00. The van der Waals surface area contributed by atoms with Crippen LogP contribution in [0.15, 0.2) is 115 Å². The van der Waals surface area contributed by atoms with Crippen molar-refractivity contribution >= 4 is 21.5 Å². The maximum atomic E-state index is 2.35. The molecule has 0 amide bonds. The van der Waals surface area contributed by atoms with Crippen molar-refractivity contribution in [3.05, 3.63) is 132 Å². The van der Waals surface area contributed by atoms with Crippen LogP contribution in [0.1, 0.15) is 22.6 Å². The van der Waals surface area contributed by atoms with Gasteiger partial charge in [-0.15, -0.1) is 0 Å². The Morgan fingerprint density at radius 2 is 0.926 bits per heavy atom. The molecule has 0 saturated heterocycles. The van der Waals surface area contributed by atoms with E-state index in [-0.39, 0.29) is 5.92 Å². The molecular formula is C27H20. The van der Waals surface area contributed by atoms with Gasteiger partial charge in [-0.1, -0.05) is 103 Å². The molecule has 5 aromatic rings. The van der Waals surface area contributed by atoms with Gasteiger partial charge in [-0.2, -0.15) is 0 Å². The maximum Gasteiger partial charge on any atom is 0.0346 e. The molecule has 0 atom stereocenters. The van der Waals surface area contributed by atoms with Gasteiger partial charge in [0, 0.05) is 5.92 Å². The highest BCUT2D eigenvalue weighted by Gasteiger charge is 2.18. The van der Waals surface area contributed by atoms with E-state index in [0.717, 1.165) is 0 Å². The summed E-state index contributed by atoms with van der Waals surface area (Å²) >= 11 is 0. The fourth-order valence-corrected chi connectivity index (χ4v) is 4.09. The minimum atomic E-state index is 0.220. The van der Waals surface area contributed by atoms with E-state index >= 15 is 0 Å². The molecule has 0 saturated carbocycles. The van der Waals surface area contributed by atoms with Gasteiger partial charge < -0.3 is 0 Å². The Kier molecular flexibility index (Phi) is 3.95. The molecule has 0 aliphatic heterocycles. The van der Waals surface area contributed by atoms with Gasteiger partial charge in [0.25, 0.3) is 0 Å². The largest absolute Gasteiger partial charge is 0.0622 e. The second-order valence-electron chi connectivity index (χ2n) is 7.02. The van der Waals surface area contributed by atoms with Gasteiger partial charge in [0.1, 0.15) is 0 Å². The summed E-state index contributed by atoms with van der Waals surface area (Å²) in [6.07, 6.45) is 0. The van der Waals surface area contributed by atoms with Crippen LogP contribution >= 0.6 is 0 Å². The number of rotatable bonds is 3. The fourth-order valence-electron chi connectivity index (χ4n) is 4.09. The third kappa shape index (κ3) is 2.90. The van der Waals surface area contributed by atoms with Crippen LogP contribution in [0.25, 0.3) is 21.5 Å². The van der Waals surface area contributed by atoms with E-state index in [4.69, 9.17) is 0 Å². The molecular weight excluding hydrogens is 324 g/mol. The summed E-state index contributed by atoms with van der Waals surface area (Å²) < 4.78 is 0. The van der Waals surface area contributed by atoms with Crippen LogP contribution in [0.5, 0.6) is 0 Å². The first-order valence-corrected chi connectivity index (χ1v) is 9.41. The van der Waals surface area contributed by atoms with Gasteiger partial charge in [-0.3, -0.25) is 0 Å². The Morgan fingerprint density at radius 1 is 0.407 bits per heavy atom. The average Bonchev–Trinajstić information content (AvgIpc) is 2.74. The molecule has 0 aromatic heterocycles. The molecule has 0 heteroatoms. The smallest absolute Gasteiger partial charge is 0.0346 e. The van der Waals surface area contributed by atoms with E-state index in [1.807, 2.05) is 0 Å². The van der Waals surface area contributed by atoms with Crippen LogP contribution < -0.4 is 0 Å². The second kappa shape index (κ2) is 6.74. The first-order chi connectivity index (χ1) is 13.4. The lowest BCUT2D eigenvalue weighted by Gasteiger charge is -2.21. The Morgan fingerprint density at radius 3 is 1.56 bits per heavy atom. The number of benzene rings is 5. The van der Waals surface area contributed by atoms with Gasteiger partial charge >= 0.3 is 0 Å². The monoisotopic (exact) mass is 344 g/mol. The zero-order valence-electron chi connectivity index (χ0n) is 15.0. The van der Waals surface area contributed by atoms with Crippen LogP contribution in [0.3, 0.4) is 0 Å². The summed E-state index contributed by atoms with van der Waals surface area (Å²) in [6, 6.07) is 41.6. The molecule has 5 aromatic carbocycles. The summed E-state index contributed by atoms with van der Waals surface area (Å²) in [6.45, 7) is 0. The van der Waals surface area contributed by atoms with Crippen molar-refractivity contribution in [2.24, 2.45) is 0 Å². The third-order valence-electron chi connectivity index (χ3n) is 5.36. The second-order valence-corrected chi connectivity index (χ2v) is 7.02. The lowest BCUT2D eigenvalue weighted by atomic mass is 9.82. The predicted octanol–water partition coefficient (Wildman–Crippen LogP) is 7.17. The van der Waals surface area contributed by atoms with E-state index in [0.29, 0.717) is 0 Å². The minimum Gasteiger partial charge on any atom is -0.0622 e. The van der Waals surface area contributed by atoms with Gasteiger partial charge in [-0.25, -0.2) is 0 Å². The van der Waals surface area contributed by atoms with Crippen molar-refractivity contribution in [2.75, 3.05) is 0 Å². The molecule has 5 rings (SSSR count). The zero-order valence-corrected chi connectivity index (χ0v) is 15.0. The van der Waals surface area contributed by atoms with E-state index < -0.39 is 0 Å². The zero-order chi connectivity index (χ0) is 18.1.